The summed E-state index contributed by atoms with van der Waals surface area (Å²) in [5.74, 6) is 0.384. The van der Waals surface area contributed by atoms with Gasteiger partial charge in [-0.05, 0) is 77.4 Å². The van der Waals surface area contributed by atoms with Crippen molar-refractivity contribution < 1.29 is 14.6 Å². The Kier molecular flexibility index (Phi) is 7.85. The van der Waals surface area contributed by atoms with Gasteiger partial charge in [-0.25, -0.2) is 9.78 Å². The molecule has 1 fully saturated rings. The van der Waals surface area contributed by atoms with E-state index in [4.69, 9.17) is 4.74 Å². The summed E-state index contributed by atoms with van der Waals surface area (Å²) in [5, 5.41) is 13.1. The van der Waals surface area contributed by atoms with Crippen molar-refractivity contribution in [3.05, 3.63) is 75.7 Å². The largest absolute Gasteiger partial charge is 0.478 e. The van der Waals surface area contributed by atoms with E-state index in [1.807, 2.05) is 41.8 Å². The summed E-state index contributed by atoms with van der Waals surface area (Å²) in [6.07, 6.45) is 6.98. The van der Waals surface area contributed by atoms with Gasteiger partial charge in [0.15, 0.2) is 0 Å². The second kappa shape index (κ2) is 11.6. The molecule has 1 aliphatic heterocycles. The van der Waals surface area contributed by atoms with Crippen molar-refractivity contribution in [3.63, 3.8) is 0 Å². The van der Waals surface area contributed by atoms with Crippen molar-refractivity contribution in [1.29, 1.82) is 0 Å². The highest BCUT2D eigenvalue weighted by Crippen LogP contribution is 2.45. The molecule has 42 heavy (non-hydrogen) atoms. The molecule has 0 saturated carbocycles. The standard InChI is InChI=1S/C34H40N4O3S/c1-22(2)25-16-31(42-21-25)29-18-34(3,4)9-7-24(29)20-37-11-13-38(14-12-37)26-5-6-28(33(39)40)30(17-26)41-27-15-23-8-10-35-32(23)36-19-27/h5-6,8,10,15-17,19,21-22H,7,9,11-14,18,20H2,1-4H3,(H,35,36)(H,39,40). The van der Waals surface area contributed by atoms with Crippen molar-refractivity contribution in [2.45, 2.75) is 52.9 Å². The molecule has 2 aliphatic rings. The van der Waals surface area contributed by atoms with Gasteiger partial charge in [-0.3, -0.25) is 4.90 Å². The number of hydrogen-bond acceptors (Lipinski definition) is 6. The molecular formula is C34H40N4O3S. The fourth-order valence-corrected chi connectivity index (χ4v) is 7.25. The van der Waals surface area contributed by atoms with Gasteiger partial charge < -0.3 is 19.7 Å². The van der Waals surface area contributed by atoms with Crippen LogP contribution in [-0.2, 0) is 0 Å². The molecule has 1 aromatic carbocycles. The van der Waals surface area contributed by atoms with Crippen LogP contribution in [0.15, 0.2) is 59.7 Å². The first-order chi connectivity index (χ1) is 20.1. The zero-order valence-electron chi connectivity index (χ0n) is 24.9. The summed E-state index contributed by atoms with van der Waals surface area (Å²) in [6.45, 7) is 14.1. The number of nitrogens with one attached hydrogen (secondary N) is 1. The molecule has 7 nitrogen and oxygen atoms in total. The Balaban J connectivity index is 1.16. The Morgan fingerprint density at radius 1 is 1.14 bits per heavy atom. The van der Waals surface area contributed by atoms with Gasteiger partial charge in [-0.2, -0.15) is 0 Å². The molecular weight excluding hydrogens is 544 g/mol. The minimum absolute atomic E-state index is 0.139. The van der Waals surface area contributed by atoms with E-state index in [1.165, 1.54) is 16.9 Å². The number of pyridine rings is 1. The normalized spacial score (nSPS) is 17.8. The number of carboxylic acid groups (broad SMARTS) is 1. The first-order valence-corrected chi connectivity index (χ1v) is 15.8. The van der Waals surface area contributed by atoms with Crippen LogP contribution in [0.1, 0.15) is 73.7 Å². The molecule has 0 spiro atoms. The maximum Gasteiger partial charge on any atom is 0.339 e. The molecule has 0 bridgehead atoms. The molecule has 2 N–H and O–H groups in total. The highest BCUT2D eigenvalue weighted by atomic mass is 32.1. The molecule has 1 aliphatic carbocycles. The number of hydrogen-bond donors (Lipinski definition) is 2. The van der Waals surface area contributed by atoms with Gasteiger partial charge in [0.1, 0.15) is 22.7 Å². The van der Waals surface area contributed by atoms with E-state index in [9.17, 15) is 9.90 Å². The van der Waals surface area contributed by atoms with E-state index in [1.54, 1.807) is 23.4 Å². The number of aromatic nitrogens is 2. The summed E-state index contributed by atoms with van der Waals surface area (Å²) in [6, 6.07) is 11.6. The van der Waals surface area contributed by atoms with Gasteiger partial charge in [0, 0.05) is 60.9 Å². The lowest BCUT2D eigenvalue weighted by Crippen LogP contribution is -2.47. The van der Waals surface area contributed by atoms with Crippen molar-refractivity contribution in [1.82, 2.24) is 14.9 Å². The highest BCUT2D eigenvalue weighted by molar-refractivity contribution is 7.11. The van der Waals surface area contributed by atoms with Crippen molar-refractivity contribution in [3.8, 4) is 11.5 Å². The number of anilines is 1. The van der Waals surface area contributed by atoms with E-state index in [0.717, 1.165) is 62.3 Å². The summed E-state index contributed by atoms with van der Waals surface area (Å²) in [5.41, 5.74) is 6.84. The Hall–Kier alpha value is -3.62. The maximum absolute atomic E-state index is 12.0. The lowest BCUT2D eigenvalue weighted by molar-refractivity contribution is 0.0694. The monoisotopic (exact) mass is 584 g/mol. The molecule has 6 rings (SSSR count). The number of aromatic carboxylic acids is 1. The van der Waals surface area contributed by atoms with Crippen LogP contribution in [0.2, 0.25) is 0 Å². The smallest absolute Gasteiger partial charge is 0.339 e. The van der Waals surface area contributed by atoms with Crippen LogP contribution in [-0.4, -0.2) is 58.7 Å². The molecule has 0 amide bonds. The second-order valence-electron chi connectivity index (χ2n) is 12.8. The number of piperazine rings is 1. The number of nitrogens with zero attached hydrogens (tertiary/aromatic N) is 3. The predicted octanol–water partition coefficient (Wildman–Crippen LogP) is 8.02. The number of carbonyl (C=O) groups is 1. The van der Waals surface area contributed by atoms with Gasteiger partial charge in [-0.1, -0.05) is 33.3 Å². The third kappa shape index (κ3) is 6.10. The zero-order chi connectivity index (χ0) is 29.4. The SMILES string of the molecule is CC(C)c1csc(C2=C(CN3CCN(c4ccc(C(=O)O)c(Oc5cnc6[nH]ccc6c5)c4)CC3)CCC(C)(C)C2)c1. The summed E-state index contributed by atoms with van der Waals surface area (Å²) in [7, 11) is 0. The van der Waals surface area contributed by atoms with Gasteiger partial charge in [0.2, 0.25) is 0 Å². The Labute approximate surface area is 251 Å². The van der Waals surface area contributed by atoms with Gasteiger partial charge >= 0.3 is 5.97 Å². The van der Waals surface area contributed by atoms with Crippen molar-refractivity contribution >= 4 is 39.6 Å². The van der Waals surface area contributed by atoms with E-state index < -0.39 is 5.97 Å². The maximum atomic E-state index is 12.0. The van der Waals surface area contributed by atoms with Gasteiger partial charge in [0.25, 0.3) is 0 Å². The number of rotatable bonds is 8. The van der Waals surface area contributed by atoms with Crippen molar-refractivity contribution in [2.75, 3.05) is 37.6 Å². The number of fused-ring (bicyclic) bond motifs is 1. The average Bonchev–Trinajstić information content (AvgIpc) is 3.64. The van der Waals surface area contributed by atoms with E-state index >= 15 is 0 Å². The van der Waals surface area contributed by atoms with Crippen LogP contribution < -0.4 is 9.64 Å². The number of carboxylic acids is 1. The average molecular weight is 585 g/mol. The summed E-state index contributed by atoms with van der Waals surface area (Å²) >= 11 is 1.91. The highest BCUT2D eigenvalue weighted by Gasteiger charge is 2.30. The fraction of sp³-hybridized carbons (Fsp3) is 0.412. The molecule has 0 unspecified atom stereocenters. The number of H-pyrrole nitrogens is 1. The molecule has 1 saturated heterocycles. The van der Waals surface area contributed by atoms with Gasteiger partial charge in [-0.15, -0.1) is 11.3 Å². The topological polar surface area (TPSA) is 81.7 Å². The quantitative estimate of drug-likeness (QED) is 0.218. The molecule has 4 heterocycles. The van der Waals surface area contributed by atoms with Crippen LogP contribution in [0.25, 0.3) is 16.6 Å². The fourth-order valence-electron chi connectivity index (χ4n) is 6.09. The predicted molar refractivity (Wildman–Crippen MR) is 171 cm³/mol. The summed E-state index contributed by atoms with van der Waals surface area (Å²) in [4.78, 5) is 25.8. The molecule has 0 atom stereocenters. The number of aromatic amines is 1. The zero-order valence-corrected chi connectivity index (χ0v) is 25.8. The van der Waals surface area contributed by atoms with E-state index in [-0.39, 0.29) is 5.56 Å². The Bertz CT molecular complexity index is 1620. The first kappa shape index (κ1) is 28.5. The third-order valence-electron chi connectivity index (χ3n) is 8.72. The third-order valence-corrected chi connectivity index (χ3v) is 9.73. The lowest BCUT2D eigenvalue weighted by Gasteiger charge is -2.39. The molecule has 0 radical (unpaired) electrons. The number of thiophene rings is 1. The van der Waals surface area contributed by atoms with Crippen LogP contribution in [0.4, 0.5) is 5.69 Å². The van der Waals surface area contributed by atoms with Crippen molar-refractivity contribution in [2.24, 2.45) is 5.41 Å². The summed E-state index contributed by atoms with van der Waals surface area (Å²) < 4.78 is 6.09. The number of allylic oxidation sites excluding steroid dienone is 1. The van der Waals surface area contributed by atoms with Gasteiger partial charge in [0.05, 0.1) is 6.20 Å². The first-order valence-electron chi connectivity index (χ1n) is 14.9. The Morgan fingerprint density at radius 2 is 1.95 bits per heavy atom. The number of ether oxygens (including phenoxy) is 1. The van der Waals surface area contributed by atoms with Crippen LogP contribution in [0.5, 0.6) is 11.5 Å². The lowest BCUT2D eigenvalue weighted by atomic mass is 9.73. The number of benzene rings is 1. The molecule has 3 aromatic heterocycles. The molecule has 220 valence electrons. The molecule has 8 heteroatoms. The molecule has 4 aromatic rings. The van der Waals surface area contributed by atoms with Crippen LogP contribution >= 0.6 is 11.3 Å². The van der Waals surface area contributed by atoms with Crippen LogP contribution in [0, 0.1) is 5.41 Å². The minimum atomic E-state index is -1.01. The Morgan fingerprint density at radius 3 is 2.69 bits per heavy atom. The van der Waals surface area contributed by atoms with E-state index in [0.29, 0.717) is 22.8 Å². The van der Waals surface area contributed by atoms with E-state index in [2.05, 4.69) is 58.9 Å². The van der Waals surface area contributed by atoms with Crippen LogP contribution in [0.3, 0.4) is 0 Å². The second-order valence-corrected chi connectivity index (χ2v) is 13.7. The minimum Gasteiger partial charge on any atom is -0.478 e.